The molecule has 1 atom stereocenters. The molecule has 0 amide bonds. The van der Waals surface area contributed by atoms with E-state index in [1.165, 1.54) is 6.07 Å². The third kappa shape index (κ3) is 4.43. The van der Waals surface area contributed by atoms with Crippen molar-refractivity contribution in [2.75, 3.05) is 13.7 Å². The van der Waals surface area contributed by atoms with Crippen molar-refractivity contribution in [3.8, 4) is 11.8 Å². The predicted octanol–water partition coefficient (Wildman–Crippen LogP) is 2.95. The second-order valence-corrected chi connectivity index (χ2v) is 4.98. The molecule has 1 rings (SSSR count). The summed E-state index contributed by atoms with van der Waals surface area (Å²) < 4.78 is 5.50. The molecule has 0 radical (unpaired) electrons. The Hall–Kier alpha value is -2.13. The number of ether oxygens (including phenoxy) is 1. The minimum atomic E-state index is -0.553. The molecule has 0 heterocycles. The van der Waals surface area contributed by atoms with E-state index in [-0.39, 0.29) is 11.4 Å². The van der Waals surface area contributed by atoms with Gasteiger partial charge in [-0.3, -0.25) is 10.1 Å². The van der Waals surface area contributed by atoms with Crippen LogP contribution in [0.5, 0.6) is 5.75 Å². The van der Waals surface area contributed by atoms with Crippen LogP contribution in [0.15, 0.2) is 18.2 Å². The molecule has 0 fully saturated rings. The first-order valence-corrected chi connectivity index (χ1v) is 6.96. The Bertz CT molecular complexity index is 533. The van der Waals surface area contributed by atoms with Gasteiger partial charge in [0.25, 0.3) is 0 Å². The highest BCUT2D eigenvalue weighted by molar-refractivity contribution is 5.48. The lowest BCUT2D eigenvalue weighted by molar-refractivity contribution is -0.385. The number of nitro groups is 1. The maximum Gasteiger partial charge on any atom is 0.311 e. The molecule has 0 spiro atoms. The van der Waals surface area contributed by atoms with Crippen LogP contribution < -0.4 is 10.1 Å². The van der Waals surface area contributed by atoms with Crippen molar-refractivity contribution >= 4 is 5.69 Å². The fraction of sp³-hybridized carbons (Fsp3) is 0.533. The van der Waals surface area contributed by atoms with E-state index in [1.807, 2.05) is 6.92 Å². The first-order chi connectivity index (χ1) is 9.98. The number of nitrogens with one attached hydrogen (secondary N) is 1. The molecule has 0 saturated carbocycles. The van der Waals surface area contributed by atoms with Crippen molar-refractivity contribution in [2.45, 2.75) is 38.6 Å². The van der Waals surface area contributed by atoms with Crippen LogP contribution >= 0.6 is 0 Å². The number of hydrogen-bond acceptors (Lipinski definition) is 5. The minimum Gasteiger partial charge on any atom is -0.487 e. The highest BCUT2D eigenvalue weighted by Crippen LogP contribution is 2.28. The average Bonchev–Trinajstić information content (AvgIpc) is 2.49. The highest BCUT2D eigenvalue weighted by Gasteiger charge is 2.25. The van der Waals surface area contributed by atoms with Gasteiger partial charge in [0.15, 0.2) is 5.75 Å². The van der Waals surface area contributed by atoms with Crippen molar-refractivity contribution in [3.63, 3.8) is 0 Å². The molecule has 0 bridgehead atoms. The van der Waals surface area contributed by atoms with Crippen LogP contribution in [-0.4, -0.2) is 24.1 Å². The van der Waals surface area contributed by atoms with Gasteiger partial charge in [-0.1, -0.05) is 13.0 Å². The quantitative estimate of drug-likeness (QED) is 0.452. The van der Waals surface area contributed by atoms with Crippen LogP contribution in [0.3, 0.4) is 0 Å². The van der Waals surface area contributed by atoms with Gasteiger partial charge in [-0.25, -0.2) is 0 Å². The van der Waals surface area contributed by atoms with Crippen LogP contribution in [0.1, 0.15) is 31.7 Å². The number of benzene rings is 1. The summed E-state index contributed by atoms with van der Waals surface area (Å²) in [4.78, 5) is 10.5. The monoisotopic (exact) mass is 291 g/mol. The Labute approximate surface area is 124 Å². The van der Waals surface area contributed by atoms with Crippen molar-refractivity contribution in [1.29, 1.82) is 5.26 Å². The lowest BCUT2D eigenvalue weighted by Gasteiger charge is -2.24. The van der Waals surface area contributed by atoms with Gasteiger partial charge in [0, 0.05) is 6.07 Å². The lowest BCUT2D eigenvalue weighted by Crippen LogP contribution is -2.41. The zero-order valence-corrected chi connectivity index (χ0v) is 12.7. The normalized spacial score (nSPS) is 13.2. The molecule has 114 valence electrons. The molecule has 0 saturated heterocycles. The fourth-order valence-electron chi connectivity index (χ4n) is 2.12. The van der Waals surface area contributed by atoms with E-state index in [9.17, 15) is 15.4 Å². The summed E-state index contributed by atoms with van der Waals surface area (Å²) in [5.41, 5.74) is 0.243. The van der Waals surface area contributed by atoms with Gasteiger partial charge in [-0.15, -0.1) is 0 Å². The zero-order valence-electron chi connectivity index (χ0n) is 12.7. The van der Waals surface area contributed by atoms with E-state index in [4.69, 9.17) is 4.74 Å². The summed E-state index contributed by atoms with van der Waals surface area (Å²) in [6, 6.07) is 7.16. The molecule has 6 heteroatoms. The van der Waals surface area contributed by atoms with Gasteiger partial charge in [0.05, 0.1) is 17.6 Å². The zero-order chi connectivity index (χ0) is 15.9. The number of hydrogen-bond donors (Lipinski definition) is 1. The molecule has 1 N–H and O–H groups in total. The SMILES string of the molecule is CCC(C#N)(CCCOc1ccc(C)cc1[N+](=O)[O-])NC. The molecule has 1 aromatic rings. The van der Waals surface area contributed by atoms with Crippen LogP contribution in [0, 0.1) is 28.4 Å². The summed E-state index contributed by atoms with van der Waals surface area (Å²) in [5, 5.41) is 23.2. The first-order valence-electron chi connectivity index (χ1n) is 6.96. The number of nitro benzene ring substituents is 1. The van der Waals surface area contributed by atoms with Crippen LogP contribution in [0.25, 0.3) is 0 Å². The predicted molar refractivity (Wildman–Crippen MR) is 80.3 cm³/mol. The highest BCUT2D eigenvalue weighted by atomic mass is 16.6. The third-order valence-electron chi connectivity index (χ3n) is 3.61. The summed E-state index contributed by atoms with van der Waals surface area (Å²) in [6.07, 6.45) is 1.98. The summed E-state index contributed by atoms with van der Waals surface area (Å²) in [6.45, 7) is 4.09. The second kappa shape index (κ2) is 7.60. The van der Waals surface area contributed by atoms with Crippen LogP contribution in [-0.2, 0) is 0 Å². The Morgan fingerprint density at radius 3 is 2.76 bits per heavy atom. The average molecular weight is 291 g/mol. The van der Waals surface area contributed by atoms with Crippen molar-refractivity contribution < 1.29 is 9.66 Å². The Balaban J connectivity index is 2.61. The van der Waals surface area contributed by atoms with Crippen molar-refractivity contribution in [1.82, 2.24) is 5.32 Å². The molecule has 0 aliphatic rings. The van der Waals surface area contributed by atoms with Crippen molar-refractivity contribution in [3.05, 3.63) is 33.9 Å². The molecule has 0 aromatic heterocycles. The van der Waals surface area contributed by atoms with Gasteiger partial charge in [-0.2, -0.15) is 5.26 Å². The number of nitriles is 1. The molecule has 0 aliphatic carbocycles. The lowest BCUT2D eigenvalue weighted by atomic mass is 9.92. The largest absolute Gasteiger partial charge is 0.487 e. The topological polar surface area (TPSA) is 88.2 Å². The maximum atomic E-state index is 11.0. The summed E-state index contributed by atoms with van der Waals surface area (Å²) >= 11 is 0. The number of rotatable bonds is 8. The standard InChI is InChI=1S/C15H21N3O3/c1-4-15(11-16,17-3)8-5-9-21-14-7-6-12(2)10-13(14)18(19)20/h6-7,10,17H,4-5,8-9H2,1-3H3. The van der Waals surface area contributed by atoms with Crippen LogP contribution in [0.2, 0.25) is 0 Å². The molecule has 0 aliphatic heterocycles. The minimum absolute atomic E-state index is 0.0225. The van der Waals surface area contributed by atoms with E-state index >= 15 is 0 Å². The molecule has 21 heavy (non-hydrogen) atoms. The van der Waals surface area contributed by atoms with E-state index in [0.717, 1.165) is 5.56 Å². The Morgan fingerprint density at radius 1 is 1.52 bits per heavy atom. The number of nitrogens with zero attached hydrogens (tertiary/aromatic N) is 2. The van der Waals surface area contributed by atoms with Gasteiger partial charge < -0.3 is 10.1 Å². The smallest absolute Gasteiger partial charge is 0.311 e. The van der Waals surface area contributed by atoms with E-state index in [2.05, 4.69) is 11.4 Å². The van der Waals surface area contributed by atoms with Gasteiger partial charge in [-0.05, 0) is 44.9 Å². The molecule has 1 aromatic carbocycles. The maximum absolute atomic E-state index is 11.0. The number of aryl methyl sites for hydroxylation is 1. The van der Waals surface area contributed by atoms with Gasteiger partial charge in [0.2, 0.25) is 0 Å². The summed E-state index contributed by atoms with van der Waals surface area (Å²) in [7, 11) is 1.76. The van der Waals surface area contributed by atoms with E-state index in [1.54, 1.807) is 26.1 Å². The van der Waals surface area contributed by atoms with Crippen LogP contribution in [0.4, 0.5) is 5.69 Å². The molecule has 1 unspecified atom stereocenters. The molecular formula is C15H21N3O3. The van der Waals surface area contributed by atoms with E-state index in [0.29, 0.717) is 25.9 Å². The van der Waals surface area contributed by atoms with Gasteiger partial charge in [0.1, 0.15) is 5.54 Å². The Morgan fingerprint density at radius 2 is 2.24 bits per heavy atom. The fourth-order valence-corrected chi connectivity index (χ4v) is 2.12. The molecular weight excluding hydrogens is 270 g/mol. The second-order valence-electron chi connectivity index (χ2n) is 4.98. The third-order valence-corrected chi connectivity index (χ3v) is 3.61. The molecule has 6 nitrogen and oxygen atoms in total. The first kappa shape index (κ1) is 16.9. The van der Waals surface area contributed by atoms with E-state index < -0.39 is 10.5 Å². The summed E-state index contributed by atoms with van der Waals surface area (Å²) in [5.74, 6) is 0.272. The van der Waals surface area contributed by atoms with Gasteiger partial charge >= 0.3 is 5.69 Å². The Kier molecular flexibility index (Phi) is 6.12. The van der Waals surface area contributed by atoms with Crippen molar-refractivity contribution in [2.24, 2.45) is 0 Å².